The van der Waals surface area contributed by atoms with Gasteiger partial charge in [-0.3, -0.25) is 4.79 Å². The summed E-state index contributed by atoms with van der Waals surface area (Å²) in [5.74, 6) is -1.32. The summed E-state index contributed by atoms with van der Waals surface area (Å²) < 4.78 is 13.5. The Labute approximate surface area is 153 Å². The van der Waals surface area contributed by atoms with E-state index in [1.54, 1.807) is 18.2 Å². The molecule has 0 atom stereocenters. The molecule has 0 aliphatic carbocycles. The molecule has 0 aliphatic heterocycles. The fourth-order valence-corrected chi connectivity index (χ4v) is 2.78. The minimum absolute atomic E-state index is 0.0377. The van der Waals surface area contributed by atoms with Gasteiger partial charge in [-0.15, -0.1) is 0 Å². The maximum atomic E-state index is 13.5. The zero-order chi connectivity index (χ0) is 18.9. The average molecular weight is 359 g/mol. The fraction of sp³-hybridized carbons (Fsp3) is 0.381. The Morgan fingerprint density at radius 1 is 0.923 bits per heavy atom. The molecule has 0 aliphatic rings. The molecule has 0 unspecified atom stereocenters. The molecule has 2 rings (SSSR count). The first-order valence-corrected chi connectivity index (χ1v) is 9.13. The number of nitrogens with one attached hydrogen (secondary N) is 1. The van der Waals surface area contributed by atoms with Crippen molar-refractivity contribution in [1.29, 1.82) is 0 Å². The van der Waals surface area contributed by atoms with Crippen molar-refractivity contribution in [3.63, 3.8) is 0 Å². The van der Waals surface area contributed by atoms with Crippen molar-refractivity contribution in [3.05, 3.63) is 42.2 Å². The Kier molecular flexibility index (Phi) is 7.45. The van der Waals surface area contributed by atoms with Gasteiger partial charge in [0, 0.05) is 6.42 Å². The lowest BCUT2D eigenvalue weighted by Crippen LogP contribution is -2.11. The Bertz CT molecular complexity index is 746. The number of anilines is 1. The third-order valence-electron chi connectivity index (χ3n) is 4.31. The van der Waals surface area contributed by atoms with Gasteiger partial charge in [0.05, 0.1) is 5.69 Å². The number of hydrogen-bond donors (Lipinski definition) is 3. The molecule has 4 nitrogen and oxygen atoms in total. The highest BCUT2D eigenvalue weighted by atomic mass is 19.1. The number of phenolic OH excluding ortho intramolecular Hbond substituents is 2. The summed E-state index contributed by atoms with van der Waals surface area (Å²) in [5.41, 5.74) is 1.48. The first-order valence-electron chi connectivity index (χ1n) is 9.13. The molecule has 5 heteroatoms. The summed E-state index contributed by atoms with van der Waals surface area (Å²) >= 11 is 0. The van der Waals surface area contributed by atoms with Gasteiger partial charge in [-0.25, -0.2) is 4.39 Å². The minimum Gasteiger partial charge on any atom is -0.506 e. The van der Waals surface area contributed by atoms with Crippen molar-refractivity contribution >= 4 is 11.6 Å². The minimum atomic E-state index is -0.718. The number of hydrogen-bond acceptors (Lipinski definition) is 3. The molecular weight excluding hydrogens is 333 g/mol. The second-order valence-electron chi connectivity index (χ2n) is 6.46. The molecule has 140 valence electrons. The number of rotatable bonds is 9. The molecule has 0 radical (unpaired) electrons. The van der Waals surface area contributed by atoms with E-state index in [9.17, 15) is 19.4 Å². The van der Waals surface area contributed by atoms with Crippen molar-refractivity contribution in [1.82, 2.24) is 0 Å². The number of carbonyl (C=O) groups excluding carboxylic acids is 1. The van der Waals surface area contributed by atoms with Crippen LogP contribution in [0.4, 0.5) is 10.1 Å². The van der Waals surface area contributed by atoms with E-state index in [4.69, 9.17) is 0 Å². The van der Waals surface area contributed by atoms with Crippen LogP contribution in [0, 0.1) is 5.82 Å². The van der Waals surface area contributed by atoms with Gasteiger partial charge in [0.15, 0.2) is 11.6 Å². The van der Waals surface area contributed by atoms with Gasteiger partial charge in [-0.2, -0.15) is 0 Å². The highest BCUT2D eigenvalue weighted by Crippen LogP contribution is 2.31. The Hall–Kier alpha value is -2.56. The standard InChI is InChI=1S/C21H26FNO3/c1-2-3-4-5-6-7-8-21(26)23-18-14-16(10-12-20(18)25)15-9-11-19(24)17(22)13-15/h9-14,24-25H,2-8H2,1H3,(H,23,26). The van der Waals surface area contributed by atoms with Crippen molar-refractivity contribution in [2.24, 2.45) is 0 Å². The first-order chi connectivity index (χ1) is 12.5. The molecule has 2 aromatic rings. The average Bonchev–Trinajstić information content (AvgIpc) is 2.62. The summed E-state index contributed by atoms with van der Waals surface area (Å²) in [6, 6.07) is 8.75. The van der Waals surface area contributed by atoms with Crippen LogP contribution < -0.4 is 5.32 Å². The van der Waals surface area contributed by atoms with Crippen LogP contribution in [-0.2, 0) is 4.79 Å². The van der Waals surface area contributed by atoms with E-state index in [1.165, 1.54) is 37.5 Å². The predicted octanol–water partition coefficient (Wildman–Crippen LogP) is 5.59. The third-order valence-corrected chi connectivity index (χ3v) is 4.31. The highest BCUT2D eigenvalue weighted by Gasteiger charge is 2.10. The van der Waals surface area contributed by atoms with E-state index in [1.807, 2.05) is 0 Å². The maximum Gasteiger partial charge on any atom is 0.224 e. The van der Waals surface area contributed by atoms with E-state index in [0.717, 1.165) is 19.3 Å². The lowest BCUT2D eigenvalue weighted by atomic mass is 10.0. The smallest absolute Gasteiger partial charge is 0.224 e. The number of amides is 1. The van der Waals surface area contributed by atoms with Crippen LogP contribution in [0.1, 0.15) is 51.9 Å². The number of phenols is 2. The van der Waals surface area contributed by atoms with Crippen molar-refractivity contribution in [3.8, 4) is 22.6 Å². The van der Waals surface area contributed by atoms with E-state index in [2.05, 4.69) is 12.2 Å². The van der Waals surface area contributed by atoms with E-state index >= 15 is 0 Å². The number of carbonyl (C=O) groups is 1. The number of unbranched alkanes of at least 4 members (excludes halogenated alkanes) is 5. The molecule has 0 spiro atoms. The van der Waals surface area contributed by atoms with E-state index in [0.29, 0.717) is 23.2 Å². The Balaban J connectivity index is 1.96. The van der Waals surface area contributed by atoms with E-state index in [-0.39, 0.29) is 11.7 Å². The summed E-state index contributed by atoms with van der Waals surface area (Å²) in [5, 5.41) is 22.0. The fourth-order valence-electron chi connectivity index (χ4n) is 2.78. The zero-order valence-electron chi connectivity index (χ0n) is 15.1. The normalized spacial score (nSPS) is 10.7. The summed E-state index contributed by atoms with van der Waals surface area (Å²) in [7, 11) is 0. The molecule has 0 heterocycles. The number of aromatic hydroxyl groups is 2. The molecule has 0 saturated heterocycles. The van der Waals surface area contributed by atoms with Gasteiger partial charge in [0.25, 0.3) is 0 Å². The van der Waals surface area contributed by atoms with Crippen LogP contribution in [0.15, 0.2) is 36.4 Å². The Morgan fingerprint density at radius 3 is 2.23 bits per heavy atom. The summed E-state index contributed by atoms with van der Waals surface area (Å²) in [6.45, 7) is 2.17. The van der Waals surface area contributed by atoms with Crippen molar-refractivity contribution in [2.75, 3.05) is 5.32 Å². The quantitative estimate of drug-likeness (QED) is 0.403. The number of halogens is 1. The lowest BCUT2D eigenvalue weighted by molar-refractivity contribution is -0.116. The van der Waals surface area contributed by atoms with Gasteiger partial charge >= 0.3 is 0 Å². The molecule has 0 saturated carbocycles. The summed E-state index contributed by atoms with van der Waals surface area (Å²) in [4.78, 5) is 12.1. The molecule has 0 aromatic heterocycles. The molecule has 26 heavy (non-hydrogen) atoms. The molecular formula is C21H26FNO3. The monoisotopic (exact) mass is 359 g/mol. The van der Waals surface area contributed by atoms with Crippen LogP contribution in [-0.4, -0.2) is 16.1 Å². The Morgan fingerprint density at radius 2 is 1.54 bits per heavy atom. The second-order valence-corrected chi connectivity index (χ2v) is 6.46. The molecule has 0 bridgehead atoms. The molecule has 0 fully saturated rings. The zero-order valence-corrected chi connectivity index (χ0v) is 15.1. The molecule has 3 N–H and O–H groups in total. The second kappa shape index (κ2) is 9.80. The predicted molar refractivity (Wildman–Crippen MR) is 102 cm³/mol. The first kappa shape index (κ1) is 19.8. The van der Waals surface area contributed by atoms with Gasteiger partial charge < -0.3 is 15.5 Å². The summed E-state index contributed by atoms with van der Waals surface area (Å²) in [6.07, 6.45) is 7.00. The van der Waals surface area contributed by atoms with Crippen molar-refractivity contribution in [2.45, 2.75) is 51.9 Å². The molecule has 2 aromatic carbocycles. The maximum absolute atomic E-state index is 13.5. The van der Waals surface area contributed by atoms with E-state index < -0.39 is 11.6 Å². The van der Waals surface area contributed by atoms with Crippen molar-refractivity contribution < 1.29 is 19.4 Å². The molecule has 1 amide bonds. The van der Waals surface area contributed by atoms with Crippen LogP contribution >= 0.6 is 0 Å². The van der Waals surface area contributed by atoms with Gasteiger partial charge in [-0.05, 0) is 41.8 Å². The lowest BCUT2D eigenvalue weighted by Gasteiger charge is -2.10. The van der Waals surface area contributed by atoms with Gasteiger partial charge in [0.2, 0.25) is 5.91 Å². The van der Waals surface area contributed by atoms with Crippen LogP contribution in [0.2, 0.25) is 0 Å². The van der Waals surface area contributed by atoms with Gasteiger partial charge in [0.1, 0.15) is 5.75 Å². The topological polar surface area (TPSA) is 69.6 Å². The van der Waals surface area contributed by atoms with Crippen LogP contribution in [0.5, 0.6) is 11.5 Å². The van der Waals surface area contributed by atoms with Gasteiger partial charge in [-0.1, -0.05) is 51.2 Å². The highest BCUT2D eigenvalue weighted by molar-refractivity contribution is 5.93. The third kappa shape index (κ3) is 5.76. The number of benzene rings is 2. The van der Waals surface area contributed by atoms with Crippen LogP contribution in [0.3, 0.4) is 0 Å². The largest absolute Gasteiger partial charge is 0.506 e. The SMILES string of the molecule is CCCCCCCCC(=O)Nc1cc(-c2ccc(O)c(F)c2)ccc1O. The van der Waals surface area contributed by atoms with Crippen LogP contribution in [0.25, 0.3) is 11.1 Å².